The van der Waals surface area contributed by atoms with Crippen LogP contribution in [0.2, 0.25) is 0 Å². The summed E-state index contributed by atoms with van der Waals surface area (Å²) < 4.78 is 1.86. The molecular weight excluding hydrogens is 256 g/mol. The number of carbonyl (C=O) groups excluding carboxylic acids is 2. The largest absolute Gasteiger partial charge is 0.328 e. The molecule has 102 valence electrons. The number of amides is 2. The Morgan fingerprint density at radius 2 is 2.20 bits per heavy atom. The highest BCUT2D eigenvalue weighted by Crippen LogP contribution is 2.18. The molecule has 20 heavy (non-hydrogen) atoms. The van der Waals surface area contributed by atoms with Crippen LogP contribution in [0.5, 0.6) is 0 Å². The number of imidazole rings is 1. The summed E-state index contributed by atoms with van der Waals surface area (Å²) >= 11 is 0. The zero-order valence-corrected chi connectivity index (χ0v) is 10.9. The lowest BCUT2D eigenvalue weighted by Gasteiger charge is -2.33. The van der Waals surface area contributed by atoms with Gasteiger partial charge < -0.3 is 14.2 Å². The van der Waals surface area contributed by atoms with Crippen LogP contribution in [0.15, 0.2) is 43.4 Å². The van der Waals surface area contributed by atoms with Crippen LogP contribution in [-0.4, -0.2) is 45.7 Å². The van der Waals surface area contributed by atoms with Crippen molar-refractivity contribution in [3.05, 3.63) is 43.4 Å². The number of piperazine rings is 1. The molecular formula is C14H14N4O2. The van der Waals surface area contributed by atoms with Crippen molar-refractivity contribution in [1.82, 2.24) is 14.3 Å². The van der Waals surface area contributed by atoms with E-state index >= 15 is 0 Å². The van der Waals surface area contributed by atoms with E-state index in [2.05, 4.69) is 11.6 Å². The minimum absolute atomic E-state index is 0.0901. The zero-order valence-electron chi connectivity index (χ0n) is 10.9. The van der Waals surface area contributed by atoms with Crippen molar-refractivity contribution in [3.8, 4) is 0 Å². The van der Waals surface area contributed by atoms with Gasteiger partial charge in [0, 0.05) is 31.7 Å². The Balaban J connectivity index is 1.83. The molecule has 2 aromatic rings. The Bertz CT molecular complexity index is 691. The first-order valence-corrected chi connectivity index (χ1v) is 6.33. The second kappa shape index (κ2) is 4.80. The lowest BCUT2D eigenvalue weighted by atomic mass is 10.2. The smallest absolute Gasteiger partial charge is 0.246 e. The third-order valence-electron chi connectivity index (χ3n) is 3.39. The number of anilines is 1. The molecule has 6 heteroatoms. The van der Waals surface area contributed by atoms with Crippen LogP contribution < -0.4 is 4.90 Å². The monoisotopic (exact) mass is 270 g/mol. The molecule has 1 aliphatic rings. The van der Waals surface area contributed by atoms with Gasteiger partial charge in [0.15, 0.2) is 0 Å². The first-order chi connectivity index (χ1) is 9.69. The summed E-state index contributed by atoms with van der Waals surface area (Å²) in [5.41, 5.74) is 1.65. The van der Waals surface area contributed by atoms with E-state index in [4.69, 9.17) is 0 Å². The molecule has 2 amide bonds. The van der Waals surface area contributed by atoms with Crippen molar-refractivity contribution in [1.29, 1.82) is 0 Å². The number of aromatic nitrogens is 2. The quantitative estimate of drug-likeness (QED) is 0.755. The summed E-state index contributed by atoms with van der Waals surface area (Å²) in [7, 11) is 0. The van der Waals surface area contributed by atoms with Crippen molar-refractivity contribution in [3.63, 3.8) is 0 Å². The average molecular weight is 270 g/mol. The van der Waals surface area contributed by atoms with Gasteiger partial charge in [0.2, 0.25) is 11.8 Å². The van der Waals surface area contributed by atoms with E-state index in [1.807, 2.05) is 28.9 Å². The van der Waals surface area contributed by atoms with Gasteiger partial charge in [-0.25, -0.2) is 4.98 Å². The minimum Gasteiger partial charge on any atom is -0.328 e. The molecule has 6 nitrogen and oxygen atoms in total. The first kappa shape index (κ1) is 12.4. The van der Waals surface area contributed by atoms with Crippen molar-refractivity contribution in [2.45, 2.75) is 0 Å². The summed E-state index contributed by atoms with van der Waals surface area (Å²) in [5.74, 6) is -0.297. The van der Waals surface area contributed by atoms with E-state index < -0.39 is 0 Å². The maximum atomic E-state index is 12.2. The molecule has 2 aromatic heterocycles. The van der Waals surface area contributed by atoms with Crippen molar-refractivity contribution < 1.29 is 9.59 Å². The number of fused-ring (bicyclic) bond motifs is 1. The van der Waals surface area contributed by atoms with Gasteiger partial charge in [-0.1, -0.05) is 6.58 Å². The topological polar surface area (TPSA) is 57.9 Å². The van der Waals surface area contributed by atoms with E-state index in [1.165, 1.54) is 11.0 Å². The van der Waals surface area contributed by atoms with Gasteiger partial charge in [0.05, 0.1) is 5.69 Å². The Labute approximate surface area is 115 Å². The summed E-state index contributed by atoms with van der Waals surface area (Å²) in [6, 6.07) is 3.73. The lowest BCUT2D eigenvalue weighted by molar-refractivity contribution is -0.133. The molecule has 0 unspecified atom stereocenters. The van der Waals surface area contributed by atoms with E-state index in [0.29, 0.717) is 13.1 Å². The molecule has 1 saturated heterocycles. The number of hydrogen-bond donors (Lipinski definition) is 0. The van der Waals surface area contributed by atoms with E-state index in [9.17, 15) is 9.59 Å². The molecule has 0 atom stereocenters. The second-order valence-electron chi connectivity index (χ2n) is 4.59. The van der Waals surface area contributed by atoms with Crippen LogP contribution in [0.4, 0.5) is 5.69 Å². The molecule has 3 rings (SSSR count). The summed E-state index contributed by atoms with van der Waals surface area (Å²) in [6.07, 6.45) is 6.65. The molecule has 0 saturated carbocycles. The third-order valence-corrected chi connectivity index (χ3v) is 3.39. The van der Waals surface area contributed by atoms with Crippen molar-refractivity contribution in [2.75, 3.05) is 24.5 Å². The van der Waals surface area contributed by atoms with Gasteiger partial charge in [-0.05, 0) is 18.2 Å². The highest BCUT2D eigenvalue weighted by Gasteiger charge is 2.27. The molecule has 1 fully saturated rings. The molecule has 3 heterocycles. The van der Waals surface area contributed by atoms with E-state index in [1.54, 1.807) is 11.1 Å². The standard InChI is InChI=1S/C14H14N4O2/c1-2-13(19)17-7-8-18(14(20)10-17)11-3-4-12-15-5-6-16(12)9-11/h2-6,9H,1,7-8,10H2. The van der Waals surface area contributed by atoms with Gasteiger partial charge in [0.1, 0.15) is 12.2 Å². The highest BCUT2D eigenvalue weighted by atomic mass is 16.2. The van der Waals surface area contributed by atoms with E-state index in [-0.39, 0.29) is 18.4 Å². The van der Waals surface area contributed by atoms with Crippen LogP contribution >= 0.6 is 0 Å². The van der Waals surface area contributed by atoms with Gasteiger partial charge in [0.25, 0.3) is 0 Å². The number of nitrogens with zero attached hydrogens (tertiary/aromatic N) is 4. The fraction of sp³-hybridized carbons (Fsp3) is 0.214. The molecule has 1 aliphatic heterocycles. The van der Waals surface area contributed by atoms with Crippen LogP contribution in [-0.2, 0) is 9.59 Å². The lowest BCUT2D eigenvalue weighted by Crippen LogP contribution is -2.52. The van der Waals surface area contributed by atoms with Gasteiger partial charge in [-0.15, -0.1) is 0 Å². The maximum Gasteiger partial charge on any atom is 0.246 e. The minimum atomic E-state index is -0.205. The highest BCUT2D eigenvalue weighted by molar-refractivity contribution is 5.99. The van der Waals surface area contributed by atoms with E-state index in [0.717, 1.165) is 11.3 Å². The molecule has 0 aromatic carbocycles. The first-order valence-electron chi connectivity index (χ1n) is 6.33. The Morgan fingerprint density at radius 1 is 1.35 bits per heavy atom. The fourth-order valence-electron chi connectivity index (χ4n) is 2.33. The predicted molar refractivity (Wildman–Crippen MR) is 74.3 cm³/mol. The maximum absolute atomic E-state index is 12.2. The number of carbonyl (C=O) groups is 2. The zero-order chi connectivity index (χ0) is 14.1. The second-order valence-corrected chi connectivity index (χ2v) is 4.59. The summed E-state index contributed by atoms with van der Waals surface area (Å²) in [4.78, 5) is 31.0. The molecule has 0 N–H and O–H groups in total. The fourth-order valence-corrected chi connectivity index (χ4v) is 2.33. The number of pyridine rings is 1. The number of hydrogen-bond acceptors (Lipinski definition) is 3. The van der Waals surface area contributed by atoms with Crippen molar-refractivity contribution >= 4 is 23.1 Å². The molecule has 0 radical (unpaired) electrons. The Kier molecular flexibility index (Phi) is 2.98. The average Bonchev–Trinajstić information content (AvgIpc) is 2.93. The Morgan fingerprint density at radius 3 is 2.95 bits per heavy atom. The van der Waals surface area contributed by atoms with Gasteiger partial charge in [-0.2, -0.15) is 0 Å². The number of rotatable bonds is 2. The molecule has 0 spiro atoms. The predicted octanol–water partition coefficient (Wildman–Crippen LogP) is 0.696. The van der Waals surface area contributed by atoms with Crippen molar-refractivity contribution in [2.24, 2.45) is 0 Å². The Hall–Kier alpha value is -2.63. The molecule has 0 bridgehead atoms. The normalized spacial score (nSPS) is 15.7. The third kappa shape index (κ3) is 2.05. The van der Waals surface area contributed by atoms with Crippen LogP contribution in [0.1, 0.15) is 0 Å². The summed E-state index contributed by atoms with van der Waals surface area (Å²) in [6.45, 7) is 4.53. The SMILES string of the molecule is C=CC(=O)N1CCN(c2ccc3nccn3c2)C(=O)C1. The van der Waals surface area contributed by atoms with Crippen LogP contribution in [0, 0.1) is 0 Å². The van der Waals surface area contributed by atoms with Crippen LogP contribution in [0.25, 0.3) is 5.65 Å². The van der Waals surface area contributed by atoms with Gasteiger partial charge in [-0.3, -0.25) is 9.59 Å². The van der Waals surface area contributed by atoms with Crippen LogP contribution in [0.3, 0.4) is 0 Å². The molecule has 0 aliphatic carbocycles. The van der Waals surface area contributed by atoms with Gasteiger partial charge >= 0.3 is 0 Å². The summed E-state index contributed by atoms with van der Waals surface area (Å²) in [5, 5.41) is 0.